The zero-order valence-corrected chi connectivity index (χ0v) is 21.7. The van der Waals surface area contributed by atoms with Crippen LogP contribution in [0.5, 0.6) is 5.75 Å². The van der Waals surface area contributed by atoms with Crippen LogP contribution in [0.2, 0.25) is 0 Å². The molecule has 4 atom stereocenters. The number of phenolic OH excluding ortho intramolecular Hbond substituents is 1. The van der Waals surface area contributed by atoms with Gasteiger partial charge in [0.25, 0.3) is 0 Å². The quantitative estimate of drug-likeness (QED) is 0.136. The highest BCUT2D eigenvalue weighted by Gasteiger charge is 2.31. The topological polar surface area (TPSA) is 230 Å². The SMILES string of the molecule is CC(NC(=O)C(Cc1c[nH]c2ccccc12)NC(=O)C(CC(N)=O)NC(=O)C(N)Cc1ccc(O)cc1)C(=O)O. The van der Waals surface area contributed by atoms with E-state index in [1.54, 1.807) is 24.4 Å². The molecule has 4 amide bonds. The van der Waals surface area contributed by atoms with Gasteiger partial charge < -0.3 is 42.6 Å². The van der Waals surface area contributed by atoms with Crippen molar-refractivity contribution in [2.45, 2.75) is 50.4 Å². The molecule has 1 heterocycles. The number of nitrogens with one attached hydrogen (secondary N) is 4. The van der Waals surface area contributed by atoms with Crippen LogP contribution in [0.3, 0.4) is 0 Å². The Hall–Kier alpha value is -4.91. The van der Waals surface area contributed by atoms with Gasteiger partial charge in [-0.1, -0.05) is 30.3 Å². The van der Waals surface area contributed by atoms with Crippen LogP contribution < -0.4 is 27.4 Å². The number of hydrogen-bond donors (Lipinski definition) is 8. The zero-order valence-electron chi connectivity index (χ0n) is 21.7. The summed E-state index contributed by atoms with van der Waals surface area (Å²) in [6.45, 7) is 1.27. The lowest BCUT2D eigenvalue weighted by molar-refractivity contribution is -0.142. The minimum atomic E-state index is -1.45. The Morgan fingerprint density at radius 1 is 0.875 bits per heavy atom. The number of carboxylic acids is 1. The van der Waals surface area contributed by atoms with Crippen LogP contribution in [-0.2, 0) is 36.8 Å². The monoisotopic (exact) mass is 552 g/mol. The number of carbonyl (C=O) groups excluding carboxylic acids is 4. The van der Waals surface area contributed by atoms with E-state index in [-0.39, 0.29) is 18.6 Å². The average molecular weight is 553 g/mol. The van der Waals surface area contributed by atoms with Crippen LogP contribution in [0.1, 0.15) is 24.5 Å². The van der Waals surface area contributed by atoms with Gasteiger partial charge in [0.1, 0.15) is 23.9 Å². The highest BCUT2D eigenvalue weighted by molar-refractivity contribution is 5.96. The second kappa shape index (κ2) is 13.2. The summed E-state index contributed by atoms with van der Waals surface area (Å²) in [4.78, 5) is 65.2. The van der Waals surface area contributed by atoms with Crippen molar-refractivity contribution in [1.82, 2.24) is 20.9 Å². The molecule has 0 bridgehead atoms. The first kappa shape index (κ1) is 29.6. The summed E-state index contributed by atoms with van der Waals surface area (Å²) in [5.74, 6) is -4.51. The summed E-state index contributed by atoms with van der Waals surface area (Å²) in [7, 11) is 0. The summed E-state index contributed by atoms with van der Waals surface area (Å²) in [6.07, 6.45) is 1.15. The van der Waals surface area contributed by atoms with Gasteiger partial charge in [-0.3, -0.25) is 24.0 Å². The van der Waals surface area contributed by atoms with Crippen LogP contribution in [0.25, 0.3) is 10.9 Å². The van der Waals surface area contributed by atoms with Crippen LogP contribution in [0.15, 0.2) is 54.7 Å². The van der Waals surface area contributed by atoms with Gasteiger partial charge in [0.15, 0.2) is 0 Å². The van der Waals surface area contributed by atoms with Gasteiger partial charge in [0.05, 0.1) is 12.5 Å². The van der Waals surface area contributed by atoms with Gasteiger partial charge in [0, 0.05) is 23.5 Å². The van der Waals surface area contributed by atoms with Crippen molar-refractivity contribution in [1.29, 1.82) is 0 Å². The molecule has 2 aromatic carbocycles. The molecule has 0 aliphatic carbocycles. The predicted octanol–water partition coefficient (Wildman–Crippen LogP) is -0.580. The molecule has 212 valence electrons. The number of benzene rings is 2. The standard InChI is InChI=1S/C27H32N6O7/c1-14(27(39)40)31-25(37)21(11-16-13-30-20-5-3-2-4-18(16)20)33-26(38)22(12-23(29)35)32-24(36)19(28)10-15-6-8-17(34)9-7-15/h2-9,13-14,19,21-22,30,34H,10-12,28H2,1H3,(H2,29,35)(H,31,37)(H,32,36)(H,33,38)(H,39,40). The third-order valence-corrected chi connectivity index (χ3v) is 6.23. The van der Waals surface area contributed by atoms with Crippen molar-refractivity contribution >= 4 is 40.5 Å². The number of aromatic nitrogens is 1. The minimum Gasteiger partial charge on any atom is -0.508 e. The average Bonchev–Trinajstić information content (AvgIpc) is 3.31. The first-order valence-electron chi connectivity index (χ1n) is 12.4. The molecule has 0 saturated carbocycles. The Balaban J connectivity index is 1.78. The number of aliphatic carboxylic acids is 1. The van der Waals surface area contributed by atoms with Crippen molar-refractivity contribution in [3.05, 3.63) is 65.9 Å². The summed E-state index contributed by atoms with van der Waals surface area (Å²) >= 11 is 0. The highest BCUT2D eigenvalue weighted by atomic mass is 16.4. The molecule has 13 nitrogen and oxygen atoms in total. The van der Waals surface area contributed by atoms with Gasteiger partial charge in [0.2, 0.25) is 23.6 Å². The van der Waals surface area contributed by atoms with Crippen molar-refractivity contribution in [3.63, 3.8) is 0 Å². The van der Waals surface area contributed by atoms with E-state index < -0.39 is 60.2 Å². The first-order valence-corrected chi connectivity index (χ1v) is 12.4. The molecular formula is C27H32N6O7. The molecule has 40 heavy (non-hydrogen) atoms. The van der Waals surface area contributed by atoms with E-state index in [4.69, 9.17) is 11.5 Å². The molecule has 0 saturated heterocycles. The lowest BCUT2D eigenvalue weighted by Gasteiger charge is -2.24. The summed E-state index contributed by atoms with van der Waals surface area (Å²) in [5.41, 5.74) is 13.4. The molecule has 1 aromatic heterocycles. The van der Waals surface area contributed by atoms with Crippen LogP contribution in [-0.4, -0.2) is 69.0 Å². The molecule has 0 aliphatic heterocycles. The fourth-order valence-corrected chi connectivity index (χ4v) is 4.05. The number of fused-ring (bicyclic) bond motifs is 1. The van der Waals surface area contributed by atoms with Crippen LogP contribution in [0, 0.1) is 0 Å². The number of carbonyl (C=O) groups is 5. The van der Waals surface area contributed by atoms with Gasteiger partial charge >= 0.3 is 5.97 Å². The Kier molecular flexibility index (Phi) is 9.81. The van der Waals surface area contributed by atoms with Gasteiger partial charge in [-0.2, -0.15) is 0 Å². The number of hydrogen-bond acceptors (Lipinski definition) is 7. The molecule has 3 rings (SSSR count). The van der Waals surface area contributed by atoms with E-state index in [2.05, 4.69) is 20.9 Å². The summed E-state index contributed by atoms with van der Waals surface area (Å²) < 4.78 is 0. The second-order valence-corrected chi connectivity index (χ2v) is 9.40. The normalized spacial score (nSPS) is 13.9. The van der Waals surface area contributed by atoms with Crippen LogP contribution >= 0.6 is 0 Å². The van der Waals surface area contributed by atoms with Gasteiger partial charge in [-0.15, -0.1) is 0 Å². The lowest BCUT2D eigenvalue weighted by Crippen LogP contribution is -2.58. The maximum atomic E-state index is 13.3. The molecule has 10 N–H and O–H groups in total. The van der Waals surface area contributed by atoms with Crippen molar-refractivity contribution < 1.29 is 34.2 Å². The number of aromatic hydroxyl groups is 1. The van der Waals surface area contributed by atoms with Gasteiger partial charge in [-0.05, 0) is 42.7 Å². The van der Waals surface area contributed by atoms with Gasteiger partial charge in [-0.25, -0.2) is 0 Å². The molecule has 4 unspecified atom stereocenters. The molecular weight excluding hydrogens is 520 g/mol. The number of aromatic amines is 1. The molecule has 0 fully saturated rings. The number of rotatable bonds is 13. The summed E-state index contributed by atoms with van der Waals surface area (Å²) in [5, 5.41) is 26.7. The number of phenols is 1. The Bertz CT molecular complexity index is 1390. The van der Waals surface area contributed by atoms with E-state index in [9.17, 15) is 34.2 Å². The number of para-hydroxylation sites is 1. The maximum Gasteiger partial charge on any atom is 0.325 e. The number of amides is 4. The fraction of sp³-hybridized carbons (Fsp3) is 0.296. The predicted molar refractivity (Wildman–Crippen MR) is 145 cm³/mol. The van der Waals surface area contributed by atoms with E-state index in [0.29, 0.717) is 11.1 Å². The first-order chi connectivity index (χ1) is 18.9. The van der Waals surface area contributed by atoms with E-state index >= 15 is 0 Å². The van der Waals surface area contributed by atoms with E-state index in [1.165, 1.54) is 19.1 Å². The Morgan fingerprint density at radius 3 is 2.15 bits per heavy atom. The lowest BCUT2D eigenvalue weighted by atomic mass is 10.0. The Labute approximate surface area is 229 Å². The van der Waals surface area contributed by atoms with E-state index in [0.717, 1.165) is 10.9 Å². The Morgan fingerprint density at radius 2 is 1.50 bits per heavy atom. The van der Waals surface area contributed by atoms with Crippen molar-refractivity contribution in [2.24, 2.45) is 11.5 Å². The fourth-order valence-electron chi connectivity index (χ4n) is 4.05. The molecule has 0 spiro atoms. The second-order valence-electron chi connectivity index (χ2n) is 9.40. The summed E-state index contributed by atoms with van der Waals surface area (Å²) in [6, 6.07) is 8.28. The molecule has 13 heteroatoms. The molecule has 3 aromatic rings. The minimum absolute atomic E-state index is 0.0223. The van der Waals surface area contributed by atoms with Crippen molar-refractivity contribution in [2.75, 3.05) is 0 Å². The highest BCUT2D eigenvalue weighted by Crippen LogP contribution is 2.19. The molecule has 0 radical (unpaired) electrons. The zero-order chi connectivity index (χ0) is 29.4. The largest absolute Gasteiger partial charge is 0.508 e. The van der Waals surface area contributed by atoms with Crippen molar-refractivity contribution in [3.8, 4) is 5.75 Å². The third-order valence-electron chi connectivity index (χ3n) is 6.23. The number of primary amides is 1. The number of H-pyrrole nitrogens is 1. The number of carboxylic acid groups (broad SMARTS) is 1. The van der Waals surface area contributed by atoms with E-state index in [1.807, 2.05) is 18.2 Å². The molecule has 0 aliphatic rings. The smallest absolute Gasteiger partial charge is 0.325 e. The van der Waals surface area contributed by atoms with Crippen LogP contribution in [0.4, 0.5) is 0 Å². The third kappa shape index (κ3) is 8.04. The maximum absolute atomic E-state index is 13.3. The number of nitrogens with two attached hydrogens (primary N) is 2.